The fraction of sp³-hybridized carbons (Fsp3) is 0.188. The maximum absolute atomic E-state index is 12.7. The molecule has 0 saturated heterocycles. The second-order valence-corrected chi connectivity index (χ2v) is 5.64. The van der Waals surface area contributed by atoms with Crippen LogP contribution in [0.5, 0.6) is 0 Å². The summed E-state index contributed by atoms with van der Waals surface area (Å²) in [5, 5.41) is 0. The number of benzene rings is 2. The van der Waals surface area contributed by atoms with E-state index in [0.29, 0.717) is 15.6 Å². The van der Waals surface area contributed by atoms with Crippen LogP contribution in [0.4, 0.5) is 13.2 Å². The van der Waals surface area contributed by atoms with Gasteiger partial charge in [0, 0.05) is 16.5 Å². The molecule has 0 atom stereocenters. The minimum atomic E-state index is -4.40. The second-order valence-electron chi connectivity index (χ2n) is 4.78. The first kappa shape index (κ1) is 15.8. The highest BCUT2D eigenvalue weighted by atomic mass is 79.9. The molecule has 0 aromatic heterocycles. The predicted molar refractivity (Wildman–Crippen MR) is 78.4 cm³/mol. The lowest BCUT2D eigenvalue weighted by Gasteiger charge is -2.09. The van der Waals surface area contributed by atoms with Gasteiger partial charge in [0.15, 0.2) is 5.78 Å². The molecule has 0 aliphatic rings. The molecule has 110 valence electrons. The number of aryl methyl sites for hydroxylation is 1. The Morgan fingerprint density at radius 1 is 1.14 bits per heavy atom. The fourth-order valence-electron chi connectivity index (χ4n) is 1.99. The van der Waals surface area contributed by atoms with Crippen LogP contribution < -0.4 is 0 Å². The monoisotopic (exact) mass is 356 g/mol. The van der Waals surface area contributed by atoms with Gasteiger partial charge in [-0.2, -0.15) is 13.2 Å². The Bertz CT molecular complexity index is 677. The van der Waals surface area contributed by atoms with Crippen LogP contribution in [0.2, 0.25) is 0 Å². The highest BCUT2D eigenvalue weighted by molar-refractivity contribution is 9.10. The molecule has 0 bridgehead atoms. The molecule has 1 nitrogen and oxygen atoms in total. The summed E-state index contributed by atoms with van der Waals surface area (Å²) in [6, 6.07) is 10.2. The molecular weight excluding hydrogens is 345 g/mol. The molecule has 0 heterocycles. The van der Waals surface area contributed by atoms with E-state index in [-0.39, 0.29) is 12.2 Å². The lowest BCUT2D eigenvalue weighted by molar-refractivity contribution is -0.137. The molecule has 0 N–H and O–H groups in total. The summed E-state index contributed by atoms with van der Waals surface area (Å²) in [6.07, 6.45) is -4.46. The average molecular weight is 357 g/mol. The molecule has 0 radical (unpaired) electrons. The topological polar surface area (TPSA) is 17.1 Å². The highest BCUT2D eigenvalue weighted by Crippen LogP contribution is 2.30. The molecule has 5 heteroatoms. The van der Waals surface area contributed by atoms with E-state index in [0.717, 1.165) is 17.7 Å². The number of carbonyl (C=O) groups is 1. The van der Waals surface area contributed by atoms with Crippen LogP contribution >= 0.6 is 15.9 Å². The predicted octanol–water partition coefficient (Wildman–Crippen LogP) is 5.20. The highest BCUT2D eigenvalue weighted by Gasteiger charge is 2.30. The van der Waals surface area contributed by atoms with Gasteiger partial charge in [-0.15, -0.1) is 0 Å². The third-order valence-electron chi connectivity index (χ3n) is 3.04. The van der Waals surface area contributed by atoms with Gasteiger partial charge >= 0.3 is 6.18 Å². The Hall–Kier alpha value is -1.62. The van der Waals surface area contributed by atoms with Crippen LogP contribution in [-0.2, 0) is 12.6 Å². The Labute approximate surface area is 128 Å². The van der Waals surface area contributed by atoms with E-state index in [9.17, 15) is 18.0 Å². The van der Waals surface area contributed by atoms with E-state index in [2.05, 4.69) is 15.9 Å². The van der Waals surface area contributed by atoms with Gasteiger partial charge in [0.25, 0.3) is 0 Å². The van der Waals surface area contributed by atoms with Gasteiger partial charge in [0.1, 0.15) is 0 Å². The van der Waals surface area contributed by atoms with Crippen molar-refractivity contribution in [1.29, 1.82) is 0 Å². The molecule has 0 amide bonds. The molecule has 0 spiro atoms. The molecule has 0 aliphatic heterocycles. The quantitative estimate of drug-likeness (QED) is 0.690. The Kier molecular flexibility index (Phi) is 4.52. The van der Waals surface area contributed by atoms with Crippen LogP contribution in [0.3, 0.4) is 0 Å². The first-order valence-corrected chi connectivity index (χ1v) is 7.02. The van der Waals surface area contributed by atoms with Crippen LogP contribution in [-0.4, -0.2) is 5.78 Å². The number of rotatable bonds is 3. The number of hydrogen-bond donors (Lipinski definition) is 0. The fourth-order valence-corrected chi connectivity index (χ4v) is 2.46. The molecule has 0 unspecified atom stereocenters. The lowest BCUT2D eigenvalue weighted by Crippen LogP contribution is -2.08. The van der Waals surface area contributed by atoms with Crippen LogP contribution in [0.25, 0.3) is 0 Å². The maximum atomic E-state index is 12.7. The third-order valence-corrected chi connectivity index (χ3v) is 3.73. The average Bonchev–Trinajstić information content (AvgIpc) is 2.41. The number of halogens is 4. The van der Waals surface area contributed by atoms with Gasteiger partial charge in [0.2, 0.25) is 0 Å². The minimum absolute atomic E-state index is 0.0635. The zero-order valence-electron chi connectivity index (χ0n) is 11.2. The number of alkyl halides is 3. The summed E-state index contributed by atoms with van der Waals surface area (Å²) in [6.45, 7) is 1.85. The van der Waals surface area contributed by atoms with Crippen molar-refractivity contribution in [1.82, 2.24) is 0 Å². The molecule has 0 aliphatic carbocycles. The number of hydrogen-bond acceptors (Lipinski definition) is 1. The Morgan fingerprint density at radius 2 is 1.86 bits per heavy atom. The normalized spacial score (nSPS) is 11.5. The second kappa shape index (κ2) is 6.02. The summed E-state index contributed by atoms with van der Waals surface area (Å²) in [7, 11) is 0. The van der Waals surface area contributed by atoms with Gasteiger partial charge in [-0.3, -0.25) is 4.79 Å². The zero-order valence-corrected chi connectivity index (χ0v) is 12.8. The van der Waals surface area contributed by atoms with Gasteiger partial charge in [-0.1, -0.05) is 45.8 Å². The Morgan fingerprint density at radius 3 is 2.52 bits per heavy atom. The summed E-state index contributed by atoms with van der Waals surface area (Å²) < 4.78 is 38.6. The van der Waals surface area contributed by atoms with E-state index in [1.54, 1.807) is 12.1 Å². The van der Waals surface area contributed by atoms with Gasteiger partial charge in [0.05, 0.1) is 5.56 Å². The van der Waals surface area contributed by atoms with Crippen molar-refractivity contribution < 1.29 is 18.0 Å². The number of Topliss-reactive ketones (excluding diaryl/α,β-unsaturated/α-hetero) is 1. The Balaban J connectivity index is 2.26. The van der Waals surface area contributed by atoms with Crippen LogP contribution in [0.15, 0.2) is 46.9 Å². The zero-order chi connectivity index (χ0) is 15.6. The van der Waals surface area contributed by atoms with Crippen molar-refractivity contribution in [3.63, 3.8) is 0 Å². The summed E-state index contributed by atoms with van der Waals surface area (Å²) in [4.78, 5) is 12.2. The summed E-state index contributed by atoms with van der Waals surface area (Å²) >= 11 is 3.29. The van der Waals surface area contributed by atoms with Gasteiger partial charge < -0.3 is 0 Å². The van der Waals surface area contributed by atoms with Crippen molar-refractivity contribution in [2.24, 2.45) is 0 Å². The van der Waals surface area contributed by atoms with E-state index in [4.69, 9.17) is 0 Å². The van der Waals surface area contributed by atoms with E-state index >= 15 is 0 Å². The van der Waals surface area contributed by atoms with Crippen LogP contribution in [0.1, 0.15) is 27.0 Å². The maximum Gasteiger partial charge on any atom is 0.416 e. The summed E-state index contributed by atoms with van der Waals surface area (Å²) in [5.41, 5.74) is 1.01. The van der Waals surface area contributed by atoms with E-state index < -0.39 is 11.7 Å². The van der Waals surface area contributed by atoms with Crippen LogP contribution in [0, 0.1) is 6.92 Å². The molecule has 2 aromatic carbocycles. The van der Waals surface area contributed by atoms with Gasteiger partial charge in [-0.25, -0.2) is 0 Å². The van der Waals surface area contributed by atoms with Crippen molar-refractivity contribution in [3.05, 3.63) is 69.2 Å². The number of ketones is 1. The standard InChI is InChI=1S/C16H12BrF3O/c1-10-5-6-14(17)13(7-10)15(21)9-11-3-2-4-12(8-11)16(18,19)20/h2-8H,9H2,1H3. The van der Waals surface area contributed by atoms with Crippen molar-refractivity contribution in [3.8, 4) is 0 Å². The lowest BCUT2D eigenvalue weighted by atomic mass is 10.00. The van der Waals surface area contributed by atoms with Gasteiger partial charge in [-0.05, 0) is 30.7 Å². The minimum Gasteiger partial charge on any atom is -0.294 e. The first-order valence-electron chi connectivity index (χ1n) is 6.23. The summed E-state index contributed by atoms with van der Waals surface area (Å²) in [5.74, 6) is -0.218. The molecule has 2 aromatic rings. The van der Waals surface area contributed by atoms with Crippen molar-refractivity contribution >= 4 is 21.7 Å². The molecule has 2 rings (SSSR count). The third kappa shape index (κ3) is 3.94. The smallest absolute Gasteiger partial charge is 0.294 e. The van der Waals surface area contributed by atoms with E-state index in [1.165, 1.54) is 12.1 Å². The van der Waals surface area contributed by atoms with Crippen molar-refractivity contribution in [2.75, 3.05) is 0 Å². The molecule has 0 fully saturated rings. The molecule has 0 saturated carbocycles. The molecule has 21 heavy (non-hydrogen) atoms. The SMILES string of the molecule is Cc1ccc(Br)c(C(=O)Cc2cccc(C(F)(F)F)c2)c1. The van der Waals surface area contributed by atoms with Crippen molar-refractivity contribution in [2.45, 2.75) is 19.5 Å². The first-order chi connectivity index (χ1) is 9.77. The van der Waals surface area contributed by atoms with E-state index in [1.807, 2.05) is 13.0 Å². The molecular formula is C16H12BrF3O. The largest absolute Gasteiger partial charge is 0.416 e. The number of carbonyl (C=O) groups excluding carboxylic acids is 1.